The molecule has 0 spiro atoms. The van der Waals surface area contributed by atoms with Crippen LogP contribution in [0.2, 0.25) is 0 Å². The van der Waals surface area contributed by atoms with E-state index < -0.39 is 42.2 Å². The lowest BCUT2D eigenvalue weighted by atomic mass is 9.71. The maximum Gasteiger partial charge on any atom is 0.201 e. The van der Waals surface area contributed by atoms with Crippen molar-refractivity contribution in [2.45, 2.75) is 56.7 Å². The van der Waals surface area contributed by atoms with Crippen LogP contribution in [-0.2, 0) is 4.74 Å². The van der Waals surface area contributed by atoms with Gasteiger partial charge in [-0.3, -0.25) is 4.79 Å². The Kier molecular flexibility index (Phi) is 5.43. The Morgan fingerprint density at radius 2 is 1.68 bits per heavy atom. The van der Waals surface area contributed by atoms with E-state index in [2.05, 4.69) is 0 Å². The molecule has 5 N–H and O–H groups in total. The van der Waals surface area contributed by atoms with Crippen LogP contribution < -0.4 is 4.74 Å². The molecule has 1 heterocycles. The molecule has 0 saturated carbocycles. The highest BCUT2D eigenvalue weighted by atomic mass is 16.5. The molecule has 1 aliphatic heterocycles. The van der Waals surface area contributed by atoms with Gasteiger partial charge < -0.3 is 35.0 Å². The molecule has 4 rings (SSSR count). The van der Waals surface area contributed by atoms with Crippen molar-refractivity contribution < 1.29 is 39.8 Å². The predicted octanol–water partition coefficient (Wildman–Crippen LogP) is 1.35. The van der Waals surface area contributed by atoms with E-state index in [1.54, 1.807) is 26.0 Å². The van der Waals surface area contributed by atoms with Gasteiger partial charge in [0, 0.05) is 5.92 Å². The standard InChI is InChI=1S/C23H26O8/c1-4-14-18(26)20(28)21(29)23(31-14)15-10-5-6-12(24)22(30-3)17(10)19(27)16-11(15)7-9(2)8-13(16)25/h5-8,14-15,18,20-21,23-26,28-29H,4H2,1-3H3/t14-,15?,18-,20+,21-,23?/m1/s1. The molecular formula is C23H26O8. The fourth-order valence-electron chi connectivity index (χ4n) is 4.81. The maximum atomic E-state index is 13.4. The summed E-state index contributed by atoms with van der Waals surface area (Å²) >= 11 is 0. The van der Waals surface area contributed by atoms with Gasteiger partial charge in [0.2, 0.25) is 5.78 Å². The van der Waals surface area contributed by atoms with Crippen LogP contribution in [0.4, 0.5) is 0 Å². The lowest BCUT2D eigenvalue weighted by Gasteiger charge is -2.45. The highest BCUT2D eigenvalue weighted by Crippen LogP contribution is 2.49. The third kappa shape index (κ3) is 3.18. The van der Waals surface area contributed by atoms with Gasteiger partial charge in [-0.1, -0.05) is 19.1 Å². The van der Waals surface area contributed by atoms with E-state index in [0.717, 1.165) is 0 Å². The first-order chi connectivity index (χ1) is 14.7. The average Bonchev–Trinajstić information content (AvgIpc) is 2.73. The highest BCUT2D eigenvalue weighted by Gasteiger charge is 2.50. The molecule has 2 aliphatic rings. The van der Waals surface area contributed by atoms with Gasteiger partial charge in [0.25, 0.3) is 0 Å². The van der Waals surface area contributed by atoms with E-state index in [1.165, 1.54) is 19.2 Å². The van der Waals surface area contributed by atoms with Crippen molar-refractivity contribution >= 4 is 5.78 Å². The number of rotatable bonds is 3. The van der Waals surface area contributed by atoms with E-state index in [-0.39, 0.29) is 28.4 Å². The molecule has 0 amide bonds. The zero-order valence-electron chi connectivity index (χ0n) is 17.4. The molecule has 1 saturated heterocycles. The molecule has 0 bridgehead atoms. The second-order valence-corrected chi connectivity index (χ2v) is 8.16. The lowest BCUT2D eigenvalue weighted by molar-refractivity contribution is -0.225. The zero-order valence-corrected chi connectivity index (χ0v) is 17.4. The smallest absolute Gasteiger partial charge is 0.201 e. The fourth-order valence-corrected chi connectivity index (χ4v) is 4.81. The second kappa shape index (κ2) is 7.80. The summed E-state index contributed by atoms with van der Waals surface area (Å²) in [5.41, 5.74) is 1.64. The molecule has 8 heteroatoms. The summed E-state index contributed by atoms with van der Waals surface area (Å²) in [5, 5.41) is 52.5. The van der Waals surface area contributed by atoms with Gasteiger partial charge >= 0.3 is 0 Å². The summed E-state index contributed by atoms with van der Waals surface area (Å²) < 4.78 is 11.3. The summed E-state index contributed by atoms with van der Waals surface area (Å²) in [6.07, 6.45) is -5.54. The number of phenolic OH excluding ortho intramolecular Hbond substituents is 2. The van der Waals surface area contributed by atoms with Crippen LogP contribution in [0.25, 0.3) is 0 Å². The SMILES string of the molecule is CC[C@H]1OC(C2c3cc(C)cc(O)c3C(=O)c3c2ccc(O)c3OC)[C@H](O)[C@@H](O)[C@@H]1O. The first-order valence-electron chi connectivity index (χ1n) is 10.2. The normalized spacial score (nSPS) is 29.9. The monoisotopic (exact) mass is 430 g/mol. The van der Waals surface area contributed by atoms with Crippen LogP contribution in [-0.4, -0.2) is 68.9 Å². The van der Waals surface area contributed by atoms with Crippen molar-refractivity contribution in [2.75, 3.05) is 7.11 Å². The molecule has 0 aromatic heterocycles. The van der Waals surface area contributed by atoms with Crippen molar-refractivity contribution in [1.82, 2.24) is 0 Å². The molecule has 1 aliphatic carbocycles. The average molecular weight is 430 g/mol. The number of phenols is 2. The number of carbonyl (C=O) groups is 1. The molecule has 1 fully saturated rings. The van der Waals surface area contributed by atoms with E-state index in [4.69, 9.17) is 9.47 Å². The van der Waals surface area contributed by atoms with Crippen LogP contribution in [0.15, 0.2) is 24.3 Å². The molecule has 0 radical (unpaired) electrons. The number of aromatic hydroxyl groups is 2. The minimum Gasteiger partial charge on any atom is -0.507 e. The van der Waals surface area contributed by atoms with Crippen LogP contribution >= 0.6 is 0 Å². The Hall–Kier alpha value is -2.65. The van der Waals surface area contributed by atoms with Gasteiger partial charge in [0.15, 0.2) is 11.5 Å². The number of ketones is 1. The van der Waals surface area contributed by atoms with Crippen molar-refractivity contribution in [2.24, 2.45) is 0 Å². The molecule has 31 heavy (non-hydrogen) atoms. The number of benzene rings is 2. The molecule has 8 nitrogen and oxygen atoms in total. The van der Waals surface area contributed by atoms with Crippen molar-refractivity contribution in [3.05, 3.63) is 52.1 Å². The van der Waals surface area contributed by atoms with Crippen LogP contribution in [0, 0.1) is 6.92 Å². The summed E-state index contributed by atoms with van der Waals surface area (Å²) in [4.78, 5) is 13.4. The summed E-state index contributed by atoms with van der Waals surface area (Å²) in [6.45, 7) is 3.55. The molecule has 2 aromatic rings. The summed E-state index contributed by atoms with van der Waals surface area (Å²) in [6, 6.07) is 6.12. The highest BCUT2D eigenvalue weighted by molar-refractivity contribution is 6.16. The number of aliphatic hydroxyl groups is 3. The number of aryl methyl sites for hydroxylation is 1. The van der Waals surface area contributed by atoms with Gasteiger partial charge in [-0.25, -0.2) is 0 Å². The Bertz CT molecular complexity index is 1030. The number of fused-ring (bicyclic) bond motifs is 2. The molecule has 2 aromatic carbocycles. The van der Waals surface area contributed by atoms with Crippen molar-refractivity contribution in [1.29, 1.82) is 0 Å². The Labute approximate surface area is 179 Å². The number of hydrogen-bond acceptors (Lipinski definition) is 8. The van der Waals surface area contributed by atoms with Gasteiger partial charge in [-0.05, 0) is 42.2 Å². The minimum atomic E-state index is -1.46. The molecular weight excluding hydrogens is 404 g/mol. The third-order valence-corrected chi connectivity index (χ3v) is 6.27. The van der Waals surface area contributed by atoms with E-state index in [0.29, 0.717) is 23.1 Å². The topological polar surface area (TPSA) is 137 Å². The number of carbonyl (C=O) groups excluding carboxylic acids is 1. The van der Waals surface area contributed by atoms with Crippen molar-refractivity contribution in [3.8, 4) is 17.2 Å². The molecule has 166 valence electrons. The lowest BCUT2D eigenvalue weighted by Crippen LogP contribution is -2.59. The van der Waals surface area contributed by atoms with Crippen LogP contribution in [0.1, 0.15) is 51.9 Å². The van der Waals surface area contributed by atoms with Gasteiger partial charge in [-0.2, -0.15) is 0 Å². The first-order valence-corrected chi connectivity index (χ1v) is 10.2. The Morgan fingerprint density at radius 3 is 2.32 bits per heavy atom. The quantitative estimate of drug-likeness (QED) is 0.492. The van der Waals surface area contributed by atoms with Gasteiger partial charge in [-0.15, -0.1) is 0 Å². The fraction of sp³-hybridized carbons (Fsp3) is 0.435. The largest absolute Gasteiger partial charge is 0.507 e. The van der Waals surface area contributed by atoms with Gasteiger partial charge in [0.05, 0.1) is 30.4 Å². The third-order valence-electron chi connectivity index (χ3n) is 6.27. The maximum absolute atomic E-state index is 13.4. The van der Waals surface area contributed by atoms with E-state index in [9.17, 15) is 30.3 Å². The Balaban J connectivity index is 1.99. The number of hydrogen-bond donors (Lipinski definition) is 5. The first kappa shape index (κ1) is 21.6. The number of methoxy groups -OCH3 is 1. The zero-order chi connectivity index (χ0) is 22.6. The van der Waals surface area contributed by atoms with E-state index in [1.807, 2.05) is 0 Å². The summed E-state index contributed by atoms with van der Waals surface area (Å²) in [7, 11) is 1.32. The van der Waals surface area contributed by atoms with Crippen LogP contribution in [0.5, 0.6) is 17.2 Å². The minimum absolute atomic E-state index is 0.0245. The van der Waals surface area contributed by atoms with Crippen LogP contribution in [0.3, 0.4) is 0 Å². The van der Waals surface area contributed by atoms with Crippen molar-refractivity contribution in [3.63, 3.8) is 0 Å². The second-order valence-electron chi connectivity index (χ2n) is 8.16. The van der Waals surface area contributed by atoms with Gasteiger partial charge in [0.1, 0.15) is 24.1 Å². The predicted molar refractivity (Wildman–Crippen MR) is 110 cm³/mol. The summed E-state index contributed by atoms with van der Waals surface area (Å²) in [5.74, 6) is -1.82. The van der Waals surface area contributed by atoms with E-state index >= 15 is 0 Å². The number of aliphatic hydroxyl groups excluding tert-OH is 3. The Morgan fingerprint density at radius 1 is 0.968 bits per heavy atom. The number of ether oxygens (including phenoxy) is 2. The molecule has 6 atom stereocenters. The molecule has 2 unspecified atom stereocenters.